The molecule has 1 fully saturated rings. The van der Waals surface area contributed by atoms with Crippen molar-refractivity contribution in [3.05, 3.63) is 29.3 Å². The van der Waals surface area contributed by atoms with E-state index in [1.54, 1.807) is 0 Å². The molecule has 0 bridgehead atoms. The Kier molecular flexibility index (Phi) is 3.72. The molecule has 0 spiro atoms. The molecule has 2 heteroatoms. The summed E-state index contributed by atoms with van der Waals surface area (Å²) in [5, 5.41) is 0. The van der Waals surface area contributed by atoms with Crippen LogP contribution in [0.15, 0.2) is 18.2 Å². The predicted molar refractivity (Wildman–Crippen MR) is 71.4 cm³/mol. The number of aryl methyl sites for hydroxylation is 2. The van der Waals surface area contributed by atoms with E-state index in [1.165, 1.54) is 30.4 Å². The smallest absolute Gasteiger partial charge is 0.121 e. The van der Waals surface area contributed by atoms with Crippen molar-refractivity contribution in [2.75, 3.05) is 6.54 Å². The van der Waals surface area contributed by atoms with E-state index in [-0.39, 0.29) is 5.60 Å². The lowest BCUT2D eigenvalue weighted by Gasteiger charge is -2.36. The van der Waals surface area contributed by atoms with E-state index in [4.69, 9.17) is 10.5 Å². The summed E-state index contributed by atoms with van der Waals surface area (Å²) in [7, 11) is 0. The lowest BCUT2D eigenvalue weighted by Crippen LogP contribution is -2.45. The predicted octanol–water partition coefficient (Wildman–Crippen LogP) is 3.34. The fourth-order valence-corrected chi connectivity index (χ4v) is 2.79. The van der Waals surface area contributed by atoms with Crippen LogP contribution >= 0.6 is 0 Å². The Labute approximate surface area is 104 Å². The van der Waals surface area contributed by atoms with Crippen molar-refractivity contribution in [2.24, 2.45) is 5.73 Å². The maximum atomic E-state index is 6.23. The molecule has 1 aromatic rings. The summed E-state index contributed by atoms with van der Waals surface area (Å²) < 4.78 is 6.23. The van der Waals surface area contributed by atoms with Crippen LogP contribution in [-0.4, -0.2) is 12.1 Å². The Morgan fingerprint density at radius 1 is 1.06 bits per heavy atom. The standard InChI is InChI=1S/C15H23NO/c1-12-8-13(2)10-14(9-12)17-15(11-16)6-4-3-5-7-15/h8-10H,3-7,11,16H2,1-2H3. The van der Waals surface area contributed by atoms with Crippen LogP contribution in [-0.2, 0) is 0 Å². The molecule has 2 rings (SSSR count). The Bertz CT molecular complexity index is 360. The second-order valence-corrected chi connectivity index (χ2v) is 5.37. The molecule has 1 aliphatic carbocycles. The second-order valence-electron chi connectivity index (χ2n) is 5.37. The molecule has 2 N–H and O–H groups in total. The molecule has 0 heterocycles. The lowest BCUT2D eigenvalue weighted by atomic mass is 9.84. The van der Waals surface area contributed by atoms with Gasteiger partial charge in [0, 0.05) is 6.54 Å². The minimum atomic E-state index is -0.113. The molecular formula is C15H23NO. The van der Waals surface area contributed by atoms with Crippen LogP contribution in [0.25, 0.3) is 0 Å². The minimum Gasteiger partial charge on any atom is -0.486 e. The first kappa shape index (κ1) is 12.4. The fraction of sp³-hybridized carbons (Fsp3) is 0.600. The van der Waals surface area contributed by atoms with Crippen molar-refractivity contribution < 1.29 is 4.74 Å². The molecule has 0 aromatic heterocycles. The third-order valence-electron chi connectivity index (χ3n) is 3.67. The van der Waals surface area contributed by atoms with E-state index in [1.807, 2.05) is 0 Å². The van der Waals surface area contributed by atoms with Gasteiger partial charge >= 0.3 is 0 Å². The van der Waals surface area contributed by atoms with Gasteiger partial charge in [-0.15, -0.1) is 0 Å². The summed E-state index contributed by atoms with van der Waals surface area (Å²) in [6.07, 6.45) is 5.98. The highest BCUT2D eigenvalue weighted by molar-refractivity contribution is 5.33. The molecule has 0 amide bonds. The highest BCUT2D eigenvalue weighted by Crippen LogP contribution is 2.32. The topological polar surface area (TPSA) is 35.2 Å². The zero-order chi connectivity index (χ0) is 12.3. The molecule has 0 unspecified atom stereocenters. The van der Waals surface area contributed by atoms with E-state index >= 15 is 0 Å². The van der Waals surface area contributed by atoms with Crippen molar-refractivity contribution in [3.8, 4) is 5.75 Å². The van der Waals surface area contributed by atoms with Gasteiger partial charge in [0.25, 0.3) is 0 Å². The van der Waals surface area contributed by atoms with Gasteiger partial charge in [0.2, 0.25) is 0 Å². The molecular weight excluding hydrogens is 210 g/mol. The van der Waals surface area contributed by atoms with Gasteiger partial charge in [-0.1, -0.05) is 12.5 Å². The minimum absolute atomic E-state index is 0.113. The normalized spacial score (nSPS) is 19.0. The van der Waals surface area contributed by atoms with Crippen molar-refractivity contribution in [1.82, 2.24) is 0 Å². The summed E-state index contributed by atoms with van der Waals surface area (Å²) >= 11 is 0. The first-order valence-electron chi connectivity index (χ1n) is 6.61. The summed E-state index contributed by atoms with van der Waals surface area (Å²) in [4.78, 5) is 0. The van der Waals surface area contributed by atoms with Crippen molar-refractivity contribution in [3.63, 3.8) is 0 Å². The maximum Gasteiger partial charge on any atom is 0.121 e. The third kappa shape index (κ3) is 3.01. The van der Waals surface area contributed by atoms with Crippen LogP contribution in [0.2, 0.25) is 0 Å². The lowest BCUT2D eigenvalue weighted by molar-refractivity contribution is 0.0386. The van der Waals surface area contributed by atoms with Crippen LogP contribution < -0.4 is 10.5 Å². The summed E-state index contributed by atoms with van der Waals surface area (Å²) in [5.74, 6) is 0.981. The average molecular weight is 233 g/mol. The van der Waals surface area contributed by atoms with E-state index < -0.39 is 0 Å². The van der Waals surface area contributed by atoms with Crippen LogP contribution in [0, 0.1) is 13.8 Å². The molecule has 0 atom stereocenters. The van der Waals surface area contributed by atoms with Gasteiger partial charge in [-0.25, -0.2) is 0 Å². The van der Waals surface area contributed by atoms with E-state index in [0.717, 1.165) is 18.6 Å². The fourth-order valence-electron chi connectivity index (χ4n) is 2.79. The van der Waals surface area contributed by atoms with Crippen LogP contribution in [0.3, 0.4) is 0 Å². The highest BCUT2D eigenvalue weighted by atomic mass is 16.5. The number of benzene rings is 1. The quantitative estimate of drug-likeness (QED) is 0.869. The Morgan fingerprint density at radius 2 is 1.65 bits per heavy atom. The average Bonchev–Trinajstić information content (AvgIpc) is 2.29. The van der Waals surface area contributed by atoms with Crippen molar-refractivity contribution in [1.29, 1.82) is 0 Å². The van der Waals surface area contributed by atoms with Gasteiger partial charge < -0.3 is 10.5 Å². The maximum absolute atomic E-state index is 6.23. The molecule has 0 radical (unpaired) electrons. The van der Waals surface area contributed by atoms with E-state index in [2.05, 4.69) is 32.0 Å². The summed E-state index contributed by atoms with van der Waals surface area (Å²) in [6, 6.07) is 6.39. The van der Waals surface area contributed by atoms with Gasteiger partial charge in [-0.3, -0.25) is 0 Å². The van der Waals surface area contributed by atoms with Crippen molar-refractivity contribution in [2.45, 2.75) is 51.6 Å². The molecule has 17 heavy (non-hydrogen) atoms. The van der Waals surface area contributed by atoms with Crippen LogP contribution in [0.5, 0.6) is 5.75 Å². The van der Waals surface area contributed by atoms with Gasteiger partial charge in [0.1, 0.15) is 11.4 Å². The van der Waals surface area contributed by atoms with Gasteiger partial charge in [-0.2, -0.15) is 0 Å². The first-order valence-corrected chi connectivity index (χ1v) is 6.61. The number of rotatable bonds is 3. The number of hydrogen-bond donors (Lipinski definition) is 1. The SMILES string of the molecule is Cc1cc(C)cc(OC2(CN)CCCCC2)c1. The Hall–Kier alpha value is -1.02. The molecule has 94 valence electrons. The number of hydrogen-bond acceptors (Lipinski definition) is 2. The molecule has 1 aromatic carbocycles. The summed E-state index contributed by atoms with van der Waals surface area (Å²) in [5.41, 5.74) is 8.33. The Balaban J connectivity index is 2.17. The molecule has 0 aliphatic heterocycles. The third-order valence-corrected chi connectivity index (χ3v) is 3.67. The summed E-state index contributed by atoms with van der Waals surface area (Å²) in [6.45, 7) is 4.84. The zero-order valence-electron chi connectivity index (χ0n) is 11.0. The van der Waals surface area contributed by atoms with Gasteiger partial charge in [0.15, 0.2) is 0 Å². The monoisotopic (exact) mass is 233 g/mol. The largest absolute Gasteiger partial charge is 0.486 e. The van der Waals surface area contributed by atoms with Crippen LogP contribution in [0.4, 0.5) is 0 Å². The first-order chi connectivity index (χ1) is 8.13. The number of nitrogens with two attached hydrogens (primary N) is 1. The number of ether oxygens (including phenoxy) is 1. The van der Waals surface area contributed by atoms with E-state index in [9.17, 15) is 0 Å². The zero-order valence-corrected chi connectivity index (χ0v) is 11.0. The van der Waals surface area contributed by atoms with Gasteiger partial charge in [-0.05, 0) is 62.8 Å². The second kappa shape index (κ2) is 5.09. The molecule has 2 nitrogen and oxygen atoms in total. The molecule has 1 aliphatic rings. The highest BCUT2D eigenvalue weighted by Gasteiger charge is 2.32. The Morgan fingerprint density at radius 3 is 2.18 bits per heavy atom. The van der Waals surface area contributed by atoms with Crippen LogP contribution in [0.1, 0.15) is 43.2 Å². The van der Waals surface area contributed by atoms with Crippen molar-refractivity contribution >= 4 is 0 Å². The molecule has 0 saturated heterocycles. The van der Waals surface area contributed by atoms with Gasteiger partial charge in [0.05, 0.1) is 0 Å². The molecule has 1 saturated carbocycles. The van der Waals surface area contributed by atoms with E-state index in [0.29, 0.717) is 6.54 Å².